The van der Waals surface area contributed by atoms with Crippen molar-refractivity contribution >= 4 is 39.7 Å². The predicted octanol–water partition coefficient (Wildman–Crippen LogP) is 3.94. The number of anilines is 1. The van der Waals surface area contributed by atoms with Gasteiger partial charge in [-0.2, -0.15) is 0 Å². The first kappa shape index (κ1) is 20.0. The van der Waals surface area contributed by atoms with Crippen molar-refractivity contribution in [3.05, 3.63) is 45.2 Å². The van der Waals surface area contributed by atoms with E-state index in [4.69, 9.17) is 9.47 Å². The number of carbonyl (C=O) groups excluding carboxylic acids is 2. The number of nitrogens with zero attached hydrogens (tertiary/aromatic N) is 2. The molecule has 3 rings (SSSR count). The number of esters is 1. The lowest BCUT2D eigenvalue weighted by Crippen LogP contribution is -2.12. The Balaban J connectivity index is 1.76. The van der Waals surface area contributed by atoms with Crippen molar-refractivity contribution in [3.63, 3.8) is 0 Å². The molecule has 0 saturated carbocycles. The minimum absolute atomic E-state index is 0.0803. The van der Waals surface area contributed by atoms with Crippen LogP contribution in [-0.2, 0) is 16.0 Å². The highest BCUT2D eigenvalue weighted by atomic mass is 32.1. The van der Waals surface area contributed by atoms with Gasteiger partial charge in [-0.05, 0) is 38.1 Å². The third-order valence-electron chi connectivity index (χ3n) is 3.71. The van der Waals surface area contributed by atoms with E-state index in [1.54, 1.807) is 19.4 Å². The molecule has 0 spiro atoms. The van der Waals surface area contributed by atoms with Crippen molar-refractivity contribution in [1.29, 1.82) is 0 Å². The van der Waals surface area contributed by atoms with E-state index in [2.05, 4.69) is 15.3 Å². The van der Waals surface area contributed by atoms with Gasteiger partial charge in [0, 0.05) is 10.9 Å². The lowest BCUT2D eigenvalue weighted by molar-refractivity contribution is -0.142. The standard InChI is InChI=1S/C19H19N3O4S2/c1-4-26-15(23)9-13-10-27-19(21-13)22-18(24)17-16(20-11(2)28-17)12-5-7-14(25-3)8-6-12/h5-8,10H,4,9H2,1-3H3,(H,21,22,24). The van der Waals surface area contributed by atoms with Gasteiger partial charge < -0.3 is 9.47 Å². The molecule has 0 aliphatic heterocycles. The van der Waals surface area contributed by atoms with Gasteiger partial charge in [0.05, 0.1) is 36.5 Å². The average Bonchev–Trinajstić information content (AvgIpc) is 3.28. The second-order valence-electron chi connectivity index (χ2n) is 5.72. The van der Waals surface area contributed by atoms with Crippen molar-refractivity contribution in [3.8, 4) is 17.0 Å². The maximum atomic E-state index is 12.8. The molecule has 0 radical (unpaired) electrons. The van der Waals surface area contributed by atoms with Crippen LogP contribution in [0.2, 0.25) is 0 Å². The number of nitrogens with one attached hydrogen (secondary N) is 1. The summed E-state index contributed by atoms with van der Waals surface area (Å²) in [6.45, 7) is 3.93. The van der Waals surface area contributed by atoms with Crippen LogP contribution in [0.15, 0.2) is 29.6 Å². The first-order chi connectivity index (χ1) is 13.5. The monoisotopic (exact) mass is 417 g/mol. The highest BCUT2D eigenvalue weighted by Gasteiger charge is 2.20. The summed E-state index contributed by atoms with van der Waals surface area (Å²) in [6.07, 6.45) is 0.0803. The first-order valence-corrected chi connectivity index (χ1v) is 10.2. The number of hydrogen-bond donors (Lipinski definition) is 1. The lowest BCUT2D eigenvalue weighted by atomic mass is 10.1. The highest BCUT2D eigenvalue weighted by Crippen LogP contribution is 2.30. The molecule has 3 aromatic rings. The van der Waals surface area contributed by atoms with Crippen LogP contribution in [0, 0.1) is 6.92 Å². The van der Waals surface area contributed by atoms with E-state index in [9.17, 15) is 9.59 Å². The van der Waals surface area contributed by atoms with Gasteiger partial charge in [-0.1, -0.05) is 0 Å². The number of aryl methyl sites for hydroxylation is 1. The minimum Gasteiger partial charge on any atom is -0.497 e. The van der Waals surface area contributed by atoms with E-state index in [0.717, 1.165) is 16.3 Å². The first-order valence-electron chi connectivity index (χ1n) is 8.53. The molecule has 2 heterocycles. The lowest BCUT2D eigenvalue weighted by Gasteiger charge is -2.04. The van der Waals surface area contributed by atoms with Crippen molar-refractivity contribution in [2.45, 2.75) is 20.3 Å². The molecule has 1 N–H and O–H groups in total. The molecule has 0 atom stereocenters. The zero-order chi connectivity index (χ0) is 20.1. The van der Waals surface area contributed by atoms with Crippen LogP contribution in [0.5, 0.6) is 5.75 Å². The van der Waals surface area contributed by atoms with E-state index in [0.29, 0.717) is 28.0 Å². The molecule has 0 aliphatic carbocycles. The van der Waals surface area contributed by atoms with Crippen LogP contribution >= 0.6 is 22.7 Å². The Morgan fingerprint density at radius 2 is 1.93 bits per heavy atom. The predicted molar refractivity (Wildman–Crippen MR) is 109 cm³/mol. The van der Waals surface area contributed by atoms with Crippen LogP contribution in [0.25, 0.3) is 11.3 Å². The Labute approximate surface area is 170 Å². The van der Waals surface area contributed by atoms with Crippen molar-refractivity contribution in [2.24, 2.45) is 0 Å². The van der Waals surface area contributed by atoms with Crippen LogP contribution < -0.4 is 10.1 Å². The molecule has 1 aromatic carbocycles. The Morgan fingerprint density at radius 3 is 2.61 bits per heavy atom. The number of ether oxygens (including phenoxy) is 2. The van der Waals surface area contributed by atoms with Gasteiger partial charge >= 0.3 is 5.97 Å². The van der Waals surface area contributed by atoms with Crippen molar-refractivity contribution in [1.82, 2.24) is 9.97 Å². The molecule has 1 amide bonds. The second-order valence-corrected chi connectivity index (χ2v) is 7.78. The van der Waals surface area contributed by atoms with E-state index in [1.807, 2.05) is 31.2 Å². The quantitative estimate of drug-likeness (QED) is 0.586. The fourth-order valence-electron chi connectivity index (χ4n) is 2.48. The Kier molecular flexibility index (Phi) is 6.37. The summed E-state index contributed by atoms with van der Waals surface area (Å²) in [7, 11) is 1.60. The zero-order valence-electron chi connectivity index (χ0n) is 15.6. The summed E-state index contributed by atoms with van der Waals surface area (Å²) < 4.78 is 10.1. The third-order valence-corrected chi connectivity index (χ3v) is 5.48. The summed E-state index contributed by atoms with van der Waals surface area (Å²) in [5.74, 6) is 0.109. The molecule has 0 fully saturated rings. The van der Waals surface area contributed by atoms with Crippen LogP contribution in [-0.4, -0.2) is 35.6 Å². The van der Waals surface area contributed by atoms with E-state index >= 15 is 0 Å². The van der Waals surface area contributed by atoms with Gasteiger partial charge in [-0.25, -0.2) is 9.97 Å². The number of aromatic nitrogens is 2. The highest BCUT2D eigenvalue weighted by molar-refractivity contribution is 7.15. The maximum Gasteiger partial charge on any atom is 0.311 e. The smallest absolute Gasteiger partial charge is 0.311 e. The molecule has 2 aromatic heterocycles. The summed E-state index contributed by atoms with van der Waals surface area (Å²) in [4.78, 5) is 33.6. The molecule has 146 valence electrons. The van der Waals surface area contributed by atoms with E-state index in [1.165, 1.54) is 22.7 Å². The molecular formula is C19H19N3O4S2. The number of amides is 1. The number of methoxy groups -OCH3 is 1. The summed E-state index contributed by atoms with van der Waals surface area (Å²) in [5, 5.41) is 5.74. The van der Waals surface area contributed by atoms with E-state index in [-0.39, 0.29) is 18.3 Å². The van der Waals surface area contributed by atoms with Gasteiger partial charge in [-0.15, -0.1) is 22.7 Å². The number of thiazole rings is 2. The van der Waals surface area contributed by atoms with Crippen LogP contribution in [0.3, 0.4) is 0 Å². The Hall–Kier alpha value is -2.78. The van der Waals surface area contributed by atoms with E-state index < -0.39 is 0 Å². The summed E-state index contributed by atoms with van der Waals surface area (Å²) in [5.41, 5.74) is 2.01. The Bertz CT molecular complexity index is 979. The number of benzene rings is 1. The van der Waals surface area contributed by atoms with Gasteiger partial charge in [0.25, 0.3) is 5.91 Å². The zero-order valence-corrected chi connectivity index (χ0v) is 17.3. The average molecular weight is 418 g/mol. The summed E-state index contributed by atoms with van der Waals surface area (Å²) >= 11 is 2.58. The largest absolute Gasteiger partial charge is 0.497 e. The van der Waals surface area contributed by atoms with Crippen molar-refractivity contribution < 1.29 is 19.1 Å². The van der Waals surface area contributed by atoms with Gasteiger partial charge in [-0.3, -0.25) is 14.9 Å². The van der Waals surface area contributed by atoms with Gasteiger partial charge in [0.2, 0.25) is 0 Å². The van der Waals surface area contributed by atoms with Crippen LogP contribution in [0.4, 0.5) is 5.13 Å². The second kappa shape index (κ2) is 8.94. The molecule has 0 unspecified atom stereocenters. The van der Waals surface area contributed by atoms with Crippen LogP contribution in [0.1, 0.15) is 27.3 Å². The molecule has 9 heteroatoms. The van der Waals surface area contributed by atoms with Gasteiger partial charge in [0.1, 0.15) is 10.6 Å². The molecular weight excluding hydrogens is 398 g/mol. The minimum atomic E-state index is -0.342. The number of rotatable bonds is 7. The maximum absolute atomic E-state index is 12.8. The third kappa shape index (κ3) is 4.73. The molecule has 7 nitrogen and oxygen atoms in total. The fraction of sp³-hybridized carbons (Fsp3) is 0.263. The molecule has 28 heavy (non-hydrogen) atoms. The fourth-order valence-corrected chi connectivity index (χ4v) is 4.03. The number of carbonyl (C=O) groups is 2. The molecule has 0 bridgehead atoms. The SMILES string of the molecule is CCOC(=O)Cc1csc(NC(=O)c2sc(C)nc2-c2ccc(OC)cc2)n1. The van der Waals surface area contributed by atoms with Gasteiger partial charge in [0.15, 0.2) is 5.13 Å². The topological polar surface area (TPSA) is 90.4 Å². The Morgan fingerprint density at radius 1 is 1.18 bits per heavy atom. The summed E-state index contributed by atoms with van der Waals surface area (Å²) in [6, 6.07) is 7.39. The van der Waals surface area contributed by atoms with Crippen molar-refractivity contribution in [2.75, 3.05) is 19.0 Å². The number of hydrogen-bond acceptors (Lipinski definition) is 8. The normalized spacial score (nSPS) is 10.5. The molecule has 0 aliphatic rings. The molecule has 0 saturated heterocycles.